The van der Waals surface area contributed by atoms with Crippen molar-refractivity contribution in [3.8, 4) is 0 Å². The maximum Gasteiger partial charge on any atom is 0.223 e. The highest BCUT2D eigenvalue weighted by atomic mass is 127. The molecule has 0 heterocycles. The third kappa shape index (κ3) is 7.13. The predicted molar refractivity (Wildman–Crippen MR) is 119 cm³/mol. The Morgan fingerprint density at radius 3 is 2.27 bits per heavy atom. The SMILES string of the molecule is CCc1ccc(C(C)(C)CNC(=NC)NCCNC(=O)C2CC2)cc1.I. The van der Waals surface area contributed by atoms with Crippen LogP contribution in [0.2, 0.25) is 0 Å². The maximum absolute atomic E-state index is 11.6. The highest BCUT2D eigenvalue weighted by Gasteiger charge is 2.29. The minimum absolute atomic E-state index is 0. The third-order valence-corrected chi connectivity index (χ3v) is 4.73. The number of carbonyl (C=O) groups is 1. The molecule has 1 aliphatic rings. The topological polar surface area (TPSA) is 65.5 Å². The molecule has 0 aromatic heterocycles. The van der Waals surface area contributed by atoms with Crippen molar-refractivity contribution in [2.45, 2.75) is 45.4 Å². The first-order valence-electron chi connectivity index (χ1n) is 9.28. The Balaban J connectivity index is 0.00000338. The van der Waals surface area contributed by atoms with E-state index in [0.29, 0.717) is 13.1 Å². The van der Waals surface area contributed by atoms with Crippen LogP contribution >= 0.6 is 24.0 Å². The van der Waals surface area contributed by atoms with E-state index in [1.165, 1.54) is 11.1 Å². The fourth-order valence-electron chi connectivity index (χ4n) is 2.68. The molecule has 6 heteroatoms. The second kappa shape index (κ2) is 10.7. The van der Waals surface area contributed by atoms with Gasteiger partial charge in [-0.05, 0) is 30.4 Å². The molecule has 0 spiro atoms. The van der Waals surface area contributed by atoms with Crippen LogP contribution in [0.3, 0.4) is 0 Å². The molecule has 1 aliphatic carbocycles. The van der Waals surface area contributed by atoms with E-state index >= 15 is 0 Å². The summed E-state index contributed by atoms with van der Waals surface area (Å²) in [5.74, 6) is 1.21. The molecule has 0 saturated heterocycles. The maximum atomic E-state index is 11.6. The van der Waals surface area contributed by atoms with E-state index in [1.54, 1.807) is 7.05 Å². The molecule has 146 valence electrons. The first-order chi connectivity index (χ1) is 12.0. The van der Waals surface area contributed by atoms with Crippen LogP contribution in [0.5, 0.6) is 0 Å². The van der Waals surface area contributed by atoms with Gasteiger partial charge in [-0.2, -0.15) is 0 Å². The zero-order valence-electron chi connectivity index (χ0n) is 16.4. The quantitative estimate of drug-likeness (QED) is 0.236. The molecule has 0 unspecified atom stereocenters. The van der Waals surface area contributed by atoms with Crippen LogP contribution < -0.4 is 16.0 Å². The molecule has 1 aromatic carbocycles. The summed E-state index contributed by atoms with van der Waals surface area (Å²) >= 11 is 0. The van der Waals surface area contributed by atoms with Gasteiger partial charge in [-0.1, -0.05) is 45.0 Å². The molecule has 0 atom stereocenters. The van der Waals surface area contributed by atoms with Crippen molar-refractivity contribution in [2.24, 2.45) is 10.9 Å². The van der Waals surface area contributed by atoms with Gasteiger partial charge in [-0.3, -0.25) is 9.79 Å². The van der Waals surface area contributed by atoms with Gasteiger partial charge in [0.25, 0.3) is 0 Å². The molecule has 5 nitrogen and oxygen atoms in total. The molecule has 1 amide bonds. The van der Waals surface area contributed by atoms with E-state index < -0.39 is 0 Å². The van der Waals surface area contributed by atoms with Crippen LogP contribution in [0, 0.1) is 5.92 Å². The zero-order chi connectivity index (χ0) is 18.3. The average Bonchev–Trinajstić information content (AvgIpc) is 3.46. The summed E-state index contributed by atoms with van der Waals surface area (Å²) in [6.45, 7) is 8.70. The molecule has 0 radical (unpaired) electrons. The van der Waals surface area contributed by atoms with Crippen LogP contribution in [-0.4, -0.2) is 38.5 Å². The second-order valence-corrected chi connectivity index (χ2v) is 7.35. The highest BCUT2D eigenvalue weighted by Crippen LogP contribution is 2.28. The number of hydrogen-bond acceptors (Lipinski definition) is 2. The molecular weight excluding hydrogens is 439 g/mol. The summed E-state index contributed by atoms with van der Waals surface area (Å²) < 4.78 is 0. The van der Waals surface area contributed by atoms with Gasteiger partial charge < -0.3 is 16.0 Å². The lowest BCUT2D eigenvalue weighted by atomic mass is 9.84. The molecule has 2 rings (SSSR count). The van der Waals surface area contributed by atoms with Crippen molar-refractivity contribution in [3.63, 3.8) is 0 Å². The number of aliphatic imine (C=N–C) groups is 1. The van der Waals surface area contributed by atoms with Crippen molar-refractivity contribution in [3.05, 3.63) is 35.4 Å². The number of amides is 1. The van der Waals surface area contributed by atoms with Crippen molar-refractivity contribution in [2.75, 3.05) is 26.7 Å². The van der Waals surface area contributed by atoms with Crippen LogP contribution in [0.15, 0.2) is 29.3 Å². The van der Waals surface area contributed by atoms with Gasteiger partial charge in [0.05, 0.1) is 0 Å². The van der Waals surface area contributed by atoms with Crippen LogP contribution in [0.25, 0.3) is 0 Å². The van der Waals surface area contributed by atoms with E-state index in [1.807, 2.05) is 0 Å². The smallest absolute Gasteiger partial charge is 0.223 e. The summed E-state index contributed by atoms with van der Waals surface area (Å²) in [7, 11) is 1.77. The van der Waals surface area contributed by atoms with E-state index in [-0.39, 0.29) is 41.2 Å². The van der Waals surface area contributed by atoms with Crippen molar-refractivity contribution in [1.29, 1.82) is 0 Å². The number of nitrogens with one attached hydrogen (secondary N) is 3. The lowest BCUT2D eigenvalue weighted by Crippen LogP contribution is -2.45. The third-order valence-electron chi connectivity index (χ3n) is 4.73. The number of carbonyl (C=O) groups excluding carboxylic acids is 1. The van der Waals surface area contributed by atoms with Gasteiger partial charge in [0.1, 0.15) is 0 Å². The number of benzene rings is 1. The number of rotatable bonds is 8. The fourth-order valence-corrected chi connectivity index (χ4v) is 2.68. The average molecular weight is 472 g/mol. The number of hydrogen-bond donors (Lipinski definition) is 3. The number of aryl methyl sites for hydroxylation is 1. The van der Waals surface area contributed by atoms with Crippen molar-refractivity contribution < 1.29 is 4.79 Å². The Morgan fingerprint density at radius 1 is 1.12 bits per heavy atom. The predicted octanol–water partition coefficient (Wildman–Crippen LogP) is 2.84. The van der Waals surface area contributed by atoms with Crippen LogP contribution in [0.1, 0.15) is 44.7 Å². The largest absolute Gasteiger partial charge is 0.356 e. The van der Waals surface area contributed by atoms with Crippen molar-refractivity contribution in [1.82, 2.24) is 16.0 Å². The monoisotopic (exact) mass is 472 g/mol. The highest BCUT2D eigenvalue weighted by molar-refractivity contribution is 14.0. The summed E-state index contributed by atoms with van der Waals surface area (Å²) in [5, 5.41) is 9.59. The number of guanidine groups is 1. The van der Waals surface area contributed by atoms with Gasteiger partial charge in [0, 0.05) is 38.0 Å². The molecule has 3 N–H and O–H groups in total. The minimum atomic E-state index is 0. The van der Waals surface area contributed by atoms with E-state index in [0.717, 1.165) is 31.8 Å². The first-order valence-corrected chi connectivity index (χ1v) is 9.28. The lowest BCUT2D eigenvalue weighted by molar-refractivity contribution is -0.122. The molecule has 1 aromatic rings. The Kier molecular flexibility index (Phi) is 9.39. The van der Waals surface area contributed by atoms with Crippen LogP contribution in [-0.2, 0) is 16.6 Å². The normalized spacial score (nSPS) is 14.4. The summed E-state index contributed by atoms with van der Waals surface area (Å²) in [5.41, 5.74) is 2.67. The lowest BCUT2D eigenvalue weighted by Gasteiger charge is -2.27. The molecular formula is C20H33IN4O. The molecule has 26 heavy (non-hydrogen) atoms. The van der Waals surface area contributed by atoms with E-state index in [9.17, 15) is 4.79 Å². The van der Waals surface area contributed by atoms with E-state index in [2.05, 4.69) is 66.0 Å². The van der Waals surface area contributed by atoms with Gasteiger partial charge in [0.15, 0.2) is 5.96 Å². The summed E-state index contributed by atoms with van der Waals surface area (Å²) in [6.07, 6.45) is 3.14. The minimum Gasteiger partial charge on any atom is -0.356 e. The Morgan fingerprint density at radius 2 is 1.73 bits per heavy atom. The van der Waals surface area contributed by atoms with Crippen LogP contribution in [0.4, 0.5) is 0 Å². The fraction of sp³-hybridized carbons (Fsp3) is 0.600. The molecule has 0 bridgehead atoms. The van der Waals surface area contributed by atoms with Gasteiger partial charge in [-0.15, -0.1) is 24.0 Å². The Bertz CT molecular complexity index is 594. The summed E-state index contributed by atoms with van der Waals surface area (Å²) in [4.78, 5) is 15.9. The van der Waals surface area contributed by atoms with Crippen molar-refractivity contribution >= 4 is 35.8 Å². The molecule has 0 aliphatic heterocycles. The first kappa shape index (κ1) is 22.7. The second-order valence-electron chi connectivity index (χ2n) is 7.35. The Labute approximate surface area is 174 Å². The summed E-state index contributed by atoms with van der Waals surface area (Å²) in [6, 6.07) is 8.83. The van der Waals surface area contributed by atoms with E-state index in [4.69, 9.17) is 0 Å². The Hall–Kier alpha value is -1.31. The molecule has 1 saturated carbocycles. The standard InChI is InChI=1S/C20H32N4O.HI/c1-5-15-6-10-17(11-7-15)20(2,3)14-24-19(21-4)23-13-12-22-18(25)16-8-9-16;/h6-7,10-11,16H,5,8-9,12-14H2,1-4H3,(H,22,25)(H2,21,23,24);1H. The number of nitrogens with zero attached hydrogens (tertiary/aromatic N) is 1. The number of halogens is 1. The zero-order valence-corrected chi connectivity index (χ0v) is 18.7. The van der Waals surface area contributed by atoms with Gasteiger partial charge in [-0.25, -0.2) is 0 Å². The van der Waals surface area contributed by atoms with Gasteiger partial charge >= 0.3 is 0 Å². The molecule has 1 fully saturated rings. The van der Waals surface area contributed by atoms with Gasteiger partial charge in [0.2, 0.25) is 5.91 Å².